The van der Waals surface area contributed by atoms with Gasteiger partial charge >= 0.3 is 12.3 Å². The first-order chi connectivity index (χ1) is 14.8. The summed E-state index contributed by atoms with van der Waals surface area (Å²) in [6, 6.07) is 0. The van der Waals surface area contributed by atoms with Crippen LogP contribution in [-0.2, 0) is 31.2 Å². The number of benzene rings is 1. The first kappa shape index (κ1) is 25.7. The number of ether oxygens (including phenoxy) is 1. The minimum Gasteiger partial charge on any atom is -0.481 e. The van der Waals surface area contributed by atoms with Crippen LogP contribution in [0.5, 0.6) is 5.75 Å². The van der Waals surface area contributed by atoms with E-state index in [1.54, 1.807) is 6.92 Å². The Labute approximate surface area is 181 Å². The van der Waals surface area contributed by atoms with E-state index >= 15 is 0 Å². The van der Waals surface area contributed by atoms with Crippen LogP contribution < -0.4 is 10.1 Å². The number of carbonyl (C=O) groups excluding carboxylic acids is 1. The third-order valence-corrected chi connectivity index (χ3v) is 4.77. The molecule has 0 saturated carbocycles. The van der Waals surface area contributed by atoms with E-state index in [0.717, 1.165) is 0 Å². The summed E-state index contributed by atoms with van der Waals surface area (Å²) in [5, 5.41) is 6.33. The fourth-order valence-corrected chi connectivity index (χ4v) is 2.94. The lowest BCUT2D eigenvalue weighted by Crippen LogP contribution is -2.34. The maximum Gasteiger partial charge on any atom is 0.340 e. The van der Waals surface area contributed by atoms with E-state index < -0.39 is 66.0 Å². The first-order valence-electron chi connectivity index (χ1n) is 8.92. The van der Waals surface area contributed by atoms with Crippen molar-refractivity contribution in [1.82, 2.24) is 15.1 Å². The van der Waals surface area contributed by atoms with Gasteiger partial charge in [0.15, 0.2) is 24.0 Å². The van der Waals surface area contributed by atoms with Gasteiger partial charge in [0.05, 0.1) is 22.8 Å². The number of aryl methyl sites for hydroxylation is 2. The first-order valence-corrected chi connectivity index (χ1v) is 9.30. The molecule has 5 nitrogen and oxygen atoms in total. The number of halogens is 9. The molecule has 0 fully saturated rings. The largest absolute Gasteiger partial charge is 0.481 e. The molecule has 14 heteroatoms. The smallest absolute Gasteiger partial charge is 0.340 e. The monoisotopic (exact) mass is 493 g/mol. The molecule has 1 heterocycles. The van der Waals surface area contributed by atoms with Crippen LogP contribution in [-0.4, -0.2) is 34.6 Å². The summed E-state index contributed by atoms with van der Waals surface area (Å²) >= 11 is 6.08. The quantitative estimate of drug-likeness (QED) is 0.418. The van der Waals surface area contributed by atoms with Crippen molar-refractivity contribution in [3.8, 4) is 5.75 Å². The summed E-state index contributed by atoms with van der Waals surface area (Å²) < 4.78 is 112. The van der Waals surface area contributed by atoms with Gasteiger partial charge in [-0.25, -0.2) is 17.6 Å². The van der Waals surface area contributed by atoms with E-state index in [2.05, 4.69) is 9.84 Å². The molecular weight excluding hydrogens is 478 g/mol. The summed E-state index contributed by atoms with van der Waals surface area (Å²) in [5.41, 5.74) is -0.485. The molecule has 178 valence electrons. The molecule has 1 aromatic heterocycles. The van der Waals surface area contributed by atoms with Crippen LogP contribution in [0.3, 0.4) is 0 Å². The number of aromatic nitrogens is 2. The maximum atomic E-state index is 14.2. The number of nitrogens with one attached hydrogen (secondary N) is 1. The topological polar surface area (TPSA) is 56.2 Å². The molecule has 0 saturated heterocycles. The number of rotatable bonds is 9. The molecular formula is C18H16ClF8N3O2. The van der Waals surface area contributed by atoms with Crippen LogP contribution in [0.15, 0.2) is 0 Å². The highest BCUT2D eigenvalue weighted by atomic mass is 35.5. The Morgan fingerprint density at radius 3 is 2.19 bits per heavy atom. The van der Waals surface area contributed by atoms with Gasteiger partial charge < -0.3 is 10.1 Å². The Morgan fingerprint density at radius 2 is 1.72 bits per heavy atom. The molecule has 0 atom stereocenters. The molecule has 2 rings (SSSR count). The van der Waals surface area contributed by atoms with Crippen molar-refractivity contribution in [2.24, 2.45) is 7.05 Å². The van der Waals surface area contributed by atoms with E-state index in [-0.39, 0.29) is 17.1 Å². The van der Waals surface area contributed by atoms with Crippen LogP contribution in [0.25, 0.3) is 0 Å². The molecule has 0 aliphatic heterocycles. The standard InChI is InChI=1S/C18H16ClF8N3O2/c1-3-8-11(19)9(30(2)29-8)4-10(31)28-5-7-12(20)14(22)16(15(23)13(7)21)32-6-18(26,27)17(24)25/h17H,3-6H2,1-2H3,(H,28,31). The third kappa shape index (κ3) is 5.25. The predicted molar refractivity (Wildman–Crippen MR) is 95.9 cm³/mol. The normalized spacial score (nSPS) is 11.9. The second kappa shape index (κ2) is 9.92. The number of hydrogen-bond donors (Lipinski definition) is 1. The minimum absolute atomic E-state index is 0.210. The summed E-state index contributed by atoms with van der Waals surface area (Å²) in [7, 11) is 1.51. The van der Waals surface area contributed by atoms with Crippen molar-refractivity contribution >= 4 is 17.5 Å². The van der Waals surface area contributed by atoms with E-state index in [4.69, 9.17) is 11.6 Å². The Morgan fingerprint density at radius 1 is 1.16 bits per heavy atom. The van der Waals surface area contributed by atoms with Crippen molar-refractivity contribution < 1.29 is 44.7 Å². The van der Waals surface area contributed by atoms with Gasteiger partial charge in [-0.3, -0.25) is 9.48 Å². The molecule has 0 unspecified atom stereocenters. The van der Waals surface area contributed by atoms with Gasteiger partial charge in [0.1, 0.15) is 0 Å². The summed E-state index contributed by atoms with van der Waals surface area (Å²) in [6.45, 7) is -1.47. The average molecular weight is 494 g/mol. The zero-order chi connectivity index (χ0) is 24.4. The van der Waals surface area contributed by atoms with Gasteiger partial charge in [-0.15, -0.1) is 0 Å². The van der Waals surface area contributed by atoms with Crippen molar-refractivity contribution in [3.63, 3.8) is 0 Å². The van der Waals surface area contributed by atoms with Gasteiger partial charge in [0, 0.05) is 19.2 Å². The highest BCUT2D eigenvalue weighted by Gasteiger charge is 2.42. The van der Waals surface area contributed by atoms with Crippen LogP contribution >= 0.6 is 11.6 Å². The van der Waals surface area contributed by atoms with Gasteiger partial charge in [-0.2, -0.15) is 22.7 Å². The average Bonchev–Trinajstić information content (AvgIpc) is 2.99. The molecule has 1 amide bonds. The lowest BCUT2D eigenvalue weighted by atomic mass is 10.1. The zero-order valence-corrected chi connectivity index (χ0v) is 17.3. The van der Waals surface area contributed by atoms with Crippen LogP contribution in [0.1, 0.15) is 23.9 Å². The van der Waals surface area contributed by atoms with Crippen molar-refractivity contribution in [3.05, 3.63) is 45.2 Å². The minimum atomic E-state index is -4.82. The van der Waals surface area contributed by atoms with Crippen LogP contribution in [0.2, 0.25) is 5.02 Å². The van der Waals surface area contributed by atoms with Crippen LogP contribution in [0.4, 0.5) is 35.1 Å². The third-order valence-electron chi connectivity index (χ3n) is 4.34. The van der Waals surface area contributed by atoms with Gasteiger partial charge in [0.2, 0.25) is 17.5 Å². The van der Waals surface area contributed by atoms with E-state index in [9.17, 15) is 39.9 Å². The summed E-state index contributed by atoms with van der Waals surface area (Å²) in [6.07, 6.45) is -4.14. The predicted octanol–water partition coefficient (Wildman–Crippen LogP) is 4.33. The maximum absolute atomic E-state index is 14.2. The fraction of sp³-hybridized carbons (Fsp3) is 0.444. The van der Waals surface area contributed by atoms with E-state index in [1.165, 1.54) is 11.7 Å². The Hall–Kier alpha value is -2.57. The Kier molecular flexibility index (Phi) is 7.97. The van der Waals surface area contributed by atoms with E-state index in [0.29, 0.717) is 12.1 Å². The van der Waals surface area contributed by atoms with E-state index in [1.807, 2.05) is 5.32 Å². The molecule has 0 radical (unpaired) electrons. The number of alkyl halides is 4. The zero-order valence-electron chi connectivity index (χ0n) is 16.5. The molecule has 1 N–H and O–H groups in total. The fourth-order valence-electron chi connectivity index (χ4n) is 2.58. The second-order valence-corrected chi connectivity index (χ2v) is 6.93. The summed E-state index contributed by atoms with van der Waals surface area (Å²) in [4.78, 5) is 12.1. The lowest BCUT2D eigenvalue weighted by Gasteiger charge is -2.18. The highest BCUT2D eigenvalue weighted by Crippen LogP contribution is 2.32. The molecule has 1 aromatic carbocycles. The number of amides is 1. The Balaban J connectivity index is 2.17. The molecule has 0 aliphatic carbocycles. The van der Waals surface area contributed by atoms with Gasteiger partial charge in [0.25, 0.3) is 0 Å². The van der Waals surface area contributed by atoms with Crippen molar-refractivity contribution in [1.29, 1.82) is 0 Å². The lowest BCUT2D eigenvalue weighted by molar-refractivity contribution is -0.149. The SMILES string of the molecule is CCc1nn(C)c(CC(=O)NCc2c(F)c(F)c(OCC(F)(F)C(F)F)c(F)c2F)c1Cl. The number of carbonyl (C=O) groups is 1. The van der Waals surface area contributed by atoms with Crippen LogP contribution in [0, 0.1) is 23.3 Å². The molecule has 32 heavy (non-hydrogen) atoms. The summed E-state index contributed by atoms with van der Waals surface area (Å²) in [5.74, 6) is -16.1. The number of hydrogen-bond acceptors (Lipinski definition) is 3. The highest BCUT2D eigenvalue weighted by molar-refractivity contribution is 6.32. The van der Waals surface area contributed by atoms with Crippen molar-refractivity contribution in [2.45, 2.75) is 38.7 Å². The number of nitrogens with zero attached hydrogens (tertiary/aromatic N) is 2. The molecule has 0 bridgehead atoms. The van der Waals surface area contributed by atoms with Gasteiger partial charge in [-0.1, -0.05) is 18.5 Å². The molecule has 0 aliphatic rings. The van der Waals surface area contributed by atoms with Gasteiger partial charge in [-0.05, 0) is 6.42 Å². The van der Waals surface area contributed by atoms with Crippen molar-refractivity contribution in [2.75, 3.05) is 6.61 Å². The molecule has 0 spiro atoms. The Bertz CT molecular complexity index is 984. The molecule has 2 aromatic rings. The second-order valence-electron chi connectivity index (χ2n) is 6.55.